The number of carboxylic acid groups (broad SMARTS) is 1. The first-order chi connectivity index (χ1) is 9.44. The SMILES string of the molecule is CC1(C)C(C(=O)O)C1C(=O)NCCOC1CCCCC1. The van der Waals surface area contributed by atoms with Crippen molar-refractivity contribution in [1.29, 1.82) is 0 Å². The van der Waals surface area contributed by atoms with E-state index in [1.54, 1.807) is 0 Å². The molecular formula is C15H25NO4. The average molecular weight is 283 g/mol. The van der Waals surface area contributed by atoms with Crippen LogP contribution in [-0.4, -0.2) is 36.2 Å². The molecule has 5 heteroatoms. The molecule has 114 valence electrons. The molecule has 0 aromatic heterocycles. The zero-order valence-electron chi connectivity index (χ0n) is 12.4. The molecule has 2 aliphatic carbocycles. The van der Waals surface area contributed by atoms with Crippen LogP contribution in [0.3, 0.4) is 0 Å². The summed E-state index contributed by atoms with van der Waals surface area (Å²) in [5, 5.41) is 11.8. The number of rotatable bonds is 6. The minimum Gasteiger partial charge on any atom is -0.481 e. The van der Waals surface area contributed by atoms with Crippen molar-refractivity contribution in [3.8, 4) is 0 Å². The summed E-state index contributed by atoms with van der Waals surface area (Å²) in [6, 6.07) is 0. The Morgan fingerprint density at radius 2 is 1.85 bits per heavy atom. The maximum Gasteiger partial charge on any atom is 0.307 e. The second-order valence-electron chi connectivity index (χ2n) is 6.54. The number of hydrogen-bond acceptors (Lipinski definition) is 3. The summed E-state index contributed by atoms with van der Waals surface area (Å²) >= 11 is 0. The number of carbonyl (C=O) groups excluding carboxylic acids is 1. The molecule has 0 bridgehead atoms. The van der Waals surface area contributed by atoms with Crippen LogP contribution in [0.4, 0.5) is 0 Å². The molecule has 2 aliphatic rings. The van der Waals surface area contributed by atoms with Crippen molar-refractivity contribution in [1.82, 2.24) is 5.32 Å². The van der Waals surface area contributed by atoms with Crippen molar-refractivity contribution in [2.45, 2.75) is 52.1 Å². The lowest BCUT2D eigenvalue weighted by Crippen LogP contribution is -2.31. The number of amides is 1. The third kappa shape index (κ3) is 3.32. The van der Waals surface area contributed by atoms with E-state index >= 15 is 0 Å². The second kappa shape index (κ2) is 6.12. The monoisotopic (exact) mass is 283 g/mol. The van der Waals surface area contributed by atoms with E-state index in [4.69, 9.17) is 9.84 Å². The van der Waals surface area contributed by atoms with Crippen molar-refractivity contribution in [2.24, 2.45) is 17.3 Å². The number of carbonyl (C=O) groups is 2. The van der Waals surface area contributed by atoms with E-state index in [0.29, 0.717) is 19.3 Å². The normalized spacial score (nSPS) is 28.9. The van der Waals surface area contributed by atoms with Gasteiger partial charge in [0.05, 0.1) is 24.5 Å². The predicted octanol–water partition coefficient (Wildman–Crippen LogP) is 1.81. The molecule has 0 aromatic carbocycles. The number of aliphatic carboxylic acids is 1. The van der Waals surface area contributed by atoms with Crippen LogP contribution >= 0.6 is 0 Å². The molecule has 20 heavy (non-hydrogen) atoms. The first-order valence-electron chi connectivity index (χ1n) is 7.56. The first kappa shape index (κ1) is 15.3. The van der Waals surface area contributed by atoms with Gasteiger partial charge in [0.2, 0.25) is 5.91 Å². The van der Waals surface area contributed by atoms with Gasteiger partial charge in [-0.2, -0.15) is 0 Å². The summed E-state index contributed by atoms with van der Waals surface area (Å²) in [7, 11) is 0. The van der Waals surface area contributed by atoms with E-state index in [1.807, 2.05) is 13.8 Å². The Morgan fingerprint density at radius 3 is 2.40 bits per heavy atom. The van der Waals surface area contributed by atoms with Crippen LogP contribution in [0, 0.1) is 17.3 Å². The zero-order chi connectivity index (χ0) is 14.8. The lowest BCUT2D eigenvalue weighted by atomic mass is 9.98. The van der Waals surface area contributed by atoms with Gasteiger partial charge in [0.15, 0.2) is 0 Å². The molecule has 0 aliphatic heterocycles. The molecule has 0 saturated heterocycles. The highest BCUT2D eigenvalue weighted by Crippen LogP contribution is 2.58. The highest BCUT2D eigenvalue weighted by Gasteiger charge is 2.65. The minimum atomic E-state index is -0.881. The summed E-state index contributed by atoms with van der Waals surface area (Å²) in [5.41, 5.74) is -0.430. The fourth-order valence-electron chi connectivity index (χ4n) is 3.33. The van der Waals surface area contributed by atoms with Gasteiger partial charge in [-0.25, -0.2) is 0 Å². The highest BCUT2D eigenvalue weighted by atomic mass is 16.5. The van der Waals surface area contributed by atoms with Crippen LogP contribution in [0.1, 0.15) is 46.0 Å². The van der Waals surface area contributed by atoms with Gasteiger partial charge in [0.25, 0.3) is 0 Å². The van der Waals surface area contributed by atoms with E-state index < -0.39 is 23.2 Å². The number of carboxylic acids is 1. The minimum absolute atomic E-state index is 0.158. The number of hydrogen-bond donors (Lipinski definition) is 2. The van der Waals surface area contributed by atoms with Crippen molar-refractivity contribution >= 4 is 11.9 Å². The van der Waals surface area contributed by atoms with Crippen molar-refractivity contribution in [3.63, 3.8) is 0 Å². The number of nitrogens with one attached hydrogen (secondary N) is 1. The van der Waals surface area contributed by atoms with Gasteiger partial charge in [-0.15, -0.1) is 0 Å². The predicted molar refractivity (Wildman–Crippen MR) is 74.2 cm³/mol. The van der Waals surface area contributed by atoms with Crippen molar-refractivity contribution in [2.75, 3.05) is 13.2 Å². The molecule has 0 heterocycles. The van der Waals surface area contributed by atoms with Gasteiger partial charge in [-0.1, -0.05) is 33.1 Å². The van der Waals surface area contributed by atoms with Crippen LogP contribution in [0.15, 0.2) is 0 Å². The summed E-state index contributed by atoms with van der Waals surface area (Å²) in [5.74, 6) is -2.00. The third-order valence-electron chi connectivity index (χ3n) is 4.68. The summed E-state index contributed by atoms with van der Waals surface area (Å²) in [4.78, 5) is 23.0. The van der Waals surface area contributed by atoms with Gasteiger partial charge in [0, 0.05) is 6.54 Å². The lowest BCUT2D eigenvalue weighted by Gasteiger charge is -2.22. The second-order valence-corrected chi connectivity index (χ2v) is 6.54. The highest BCUT2D eigenvalue weighted by molar-refractivity contribution is 5.91. The van der Waals surface area contributed by atoms with Crippen molar-refractivity contribution < 1.29 is 19.4 Å². The molecule has 0 spiro atoms. The third-order valence-corrected chi connectivity index (χ3v) is 4.68. The zero-order valence-corrected chi connectivity index (χ0v) is 12.4. The van der Waals surface area contributed by atoms with E-state index in [9.17, 15) is 9.59 Å². The molecule has 2 fully saturated rings. The van der Waals surface area contributed by atoms with Crippen LogP contribution in [0.5, 0.6) is 0 Å². The van der Waals surface area contributed by atoms with Gasteiger partial charge < -0.3 is 15.2 Å². The Bertz CT molecular complexity index is 374. The topological polar surface area (TPSA) is 75.6 Å². The molecule has 5 nitrogen and oxygen atoms in total. The standard InChI is InChI=1S/C15H25NO4/c1-15(2)11(12(15)14(18)19)13(17)16-8-9-20-10-6-4-3-5-7-10/h10-12H,3-9H2,1-2H3,(H,16,17)(H,18,19). The Labute approximate surface area is 120 Å². The maximum atomic E-state index is 12.0. The maximum absolute atomic E-state index is 12.0. The van der Waals surface area contributed by atoms with Gasteiger partial charge in [0.1, 0.15) is 0 Å². The van der Waals surface area contributed by atoms with Crippen LogP contribution in [0.25, 0.3) is 0 Å². The molecule has 0 radical (unpaired) electrons. The van der Waals surface area contributed by atoms with E-state index in [0.717, 1.165) is 12.8 Å². The molecular weight excluding hydrogens is 258 g/mol. The summed E-state index contributed by atoms with van der Waals surface area (Å²) in [6.07, 6.45) is 6.32. The Balaban J connectivity index is 1.65. The van der Waals surface area contributed by atoms with Crippen LogP contribution in [-0.2, 0) is 14.3 Å². The molecule has 2 unspecified atom stereocenters. The van der Waals surface area contributed by atoms with Gasteiger partial charge >= 0.3 is 5.97 Å². The van der Waals surface area contributed by atoms with Crippen LogP contribution < -0.4 is 5.32 Å². The quantitative estimate of drug-likeness (QED) is 0.729. The molecule has 2 atom stereocenters. The average Bonchev–Trinajstić information content (AvgIpc) is 2.99. The Morgan fingerprint density at radius 1 is 1.20 bits per heavy atom. The van der Waals surface area contributed by atoms with Gasteiger partial charge in [-0.3, -0.25) is 9.59 Å². The smallest absolute Gasteiger partial charge is 0.307 e. The van der Waals surface area contributed by atoms with Crippen molar-refractivity contribution in [3.05, 3.63) is 0 Å². The fraction of sp³-hybridized carbons (Fsp3) is 0.867. The molecule has 2 N–H and O–H groups in total. The first-order valence-corrected chi connectivity index (χ1v) is 7.56. The summed E-state index contributed by atoms with van der Waals surface area (Å²) < 4.78 is 5.73. The fourth-order valence-corrected chi connectivity index (χ4v) is 3.33. The number of ether oxygens (including phenoxy) is 1. The molecule has 0 aromatic rings. The molecule has 2 saturated carbocycles. The van der Waals surface area contributed by atoms with E-state index in [-0.39, 0.29) is 5.91 Å². The lowest BCUT2D eigenvalue weighted by molar-refractivity contribution is -0.140. The Kier molecular flexibility index (Phi) is 4.68. The summed E-state index contributed by atoms with van der Waals surface area (Å²) in [6.45, 7) is 4.64. The molecule has 2 rings (SSSR count). The molecule has 1 amide bonds. The largest absolute Gasteiger partial charge is 0.481 e. The Hall–Kier alpha value is -1.10. The van der Waals surface area contributed by atoms with E-state index in [2.05, 4.69) is 5.32 Å². The van der Waals surface area contributed by atoms with E-state index in [1.165, 1.54) is 19.3 Å². The van der Waals surface area contributed by atoms with Crippen LogP contribution in [0.2, 0.25) is 0 Å². The van der Waals surface area contributed by atoms with Gasteiger partial charge in [-0.05, 0) is 18.3 Å².